The van der Waals surface area contributed by atoms with Crippen molar-refractivity contribution in [3.8, 4) is 0 Å². The zero-order valence-corrected chi connectivity index (χ0v) is 19.2. The van der Waals surface area contributed by atoms with Crippen LogP contribution < -0.4 is 0 Å². The maximum absolute atomic E-state index is 12.5. The van der Waals surface area contributed by atoms with Gasteiger partial charge in [-0.1, -0.05) is 41.9 Å². The molecule has 4 heteroatoms. The Hall–Kier alpha value is -2.10. The van der Waals surface area contributed by atoms with Gasteiger partial charge in [0.1, 0.15) is 6.10 Å². The van der Waals surface area contributed by atoms with Gasteiger partial charge in [-0.2, -0.15) is 0 Å². The number of rotatable bonds is 10. The van der Waals surface area contributed by atoms with Crippen molar-refractivity contribution in [2.75, 3.05) is 7.11 Å². The number of carbonyl (C=O) groups is 2. The van der Waals surface area contributed by atoms with Crippen molar-refractivity contribution in [1.29, 1.82) is 0 Å². The first kappa shape index (κ1) is 24.9. The first-order chi connectivity index (χ1) is 13.6. The summed E-state index contributed by atoms with van der Waals surface area (Å²) in [6.07, 6.45) is 12.9. The van der Waals surface area contributed by atoms with Crippen LogP contribution in [0.25, 0.3) is 0 Å². The molecule has 0 N–H and O–H groups in total. The third-order valence-electron chi connectivity index (χ3n) is 5.42. The molecule has 0 aromatic heterocycles. The van der Waals surface area contributed by atoms with Gasteiger partial charge in [-0.3, -0.25) is 9.59 Å². The van der Waals surface area contributed by atoms with E-state index in [0.29, 0.717) is 6.42 Å². The Bertz CT molecular complexity index is 690. The Labute approximate surface area is 176 Å². The summed E-state index contributed by atoms with van der Waals surface area (Å²) < 4.78 is 10.6. The van der Waals surface area contributed by atoms with Gasteiger partial charge >= 0.3 is 5.97 Å². The van der Waals surface area contributed by atoms with Crippen molar-refractivity contribution in [2.45, 2.75) is 79.8 Å². The topological polar surface area (TPSA) is 52.6 Å². The predicted molar refractivity (Wildman–Crippen MR) is 118 cm³/mol. The molecule has 0 fully saturated rings. The minimum Gasteiger partial charge on any atom is -0.493 e. The van der Waals surface area contributed by atoms with Crippen molar-refractivity contribution in [3.63, 3.8) is 0 Å². The van der Waals surface area contributed by atoms with Crippen LogP contribution in [0.2, 0.25) is 0 Å². The summed E-state index contributed by atoms with van der Waals surface area (Å²) in [5, 5.41) is 0. The molecule has 29 heavy (non-hydrogen) atoms. The fraction of sp³-hybridized carbons (Fsp3) is 0.600. The molecule has 1 rings (SSSR count). The second kappa shape index (κ2) is 12.5. The minimum atomic E-state index is -0.434. The number of methoxy groups -OCH3 is 1. The lowest BCUT2D eigenvalue weighted by Gasteiger charge is -2.32. The van der Waals surface area contributed by atoms with E-state index in [1.807, 2.05) is 6.92 Å². The third kappa shape index (κ3) is 8.84. The molecule has 1 aliphatic carbocycles. The minimum absolute atomic E-state index is 0.0260. The van der Waals surface area contributed by atoms with E-state index >= 15 is 0 Å². The lowest BCUT2D eigenvalue weighted by Crippen LogP contribution is -2.38. The second-order valence-corrected chi connectivity index (χ2v) is 8.32. The number of carbonyl (C=O) groups excluding carboxylic acids is 2. The Kier molecular flexibility index (Phi) is 10.7. The molecule has 162 valence electrons. The lowest BCUT2D eigenvalue weighted by molar-refractivity contribution is -0.149. The Balaban J connectivity index is 2.68. The standard InChI is InChI=1S/C25H38O4/c1-17(2)10-8-11-18(3)12-9-13-19(4)14-15-22-20(5)25(27)24(28-7)16-23(22)29-21(6)26/h10,12,14,16,20,22-23H,8-9,11,13,15H2,1-7H3/b18-12+,19-14+. The molecule has 0 heterocycles. The molecule has 0 saturated carbocycles. The van der Waals surface area contributed by atoms with Crippen LogP contribution in [0.3, 0.4) is 0 Å². The molecule has 0 aromatic rings. The molecule has 0 aromatic carbocycles. The van der Waals surface area contributed by atoms with Gasteiger partial charge in [0.25, 0.3) is 0 Å². The summed E-state index contributed by atoms with van der Waals surface area (Å²) in [7, 11) is 1.47. The summed E-state index contributed by atoms with van der Waals surface area (Å²) in [5.74, 6) is -0.402. The van der Waals surface area contributed by atoms with Crippen molar-refractivity contribution in [1.82, 2.24) is 0 Å². The number of allylic oxidation sites excluding steroid dienone is 7. The Morgan fingerprint density at radius 3 is 2.14 bits per heavy atom. The van der Waals surface area contributed by atoms with Gasteiger partial charge in [-0.05, 0) is 59.8 Å². The first-order valence-electron chi connectivity index (χ1n) is 10.6. The van der Waals surface area contributed by atoms with E-state index in [2.05, 4.69) is 45.9 Å². The highest BCUT2D eigenvalue weighted by Gasteiger charge is 2.38. The van der Waals surface area contributed by atoms with Gasteiger partial charge in [0, 0.05) is 24.8 Å². The third-order valence-corrected chi connectivity index (χ3v) is 5.42. The Morgan fingerprint density at radius 1 is 1.00 bits per heavy atom. The van der Waals surface area contributed by atoms with Crippen LogP contribution in [0.1, 0.15) is 73.6 Å². The zero-order valence-electron chi connectivity index (χ0n) is 19.2. The molecule has 0 aliphatic heterocycles. The van der Waals surface area contributed by atoms with E-state index in [-0.39, 0.29) is 29.3 Å². The Morgan fingerprint density at radius 2 is 1.59 bits per heavy atom. The van der Waals surface area contributed by atoms with Crippen LogP contribution in [0, 0.1) is 11.8 Å². The molecule has 0 spiro atoms. The quantitative estimate of drug-likeness (QED) is 0.328. The van der Waals surface area contributed by atoms with Crippen molar-refractivity contribution >= 4 is 11.8 Å². The van der Waals surface area contributed by atoms with Crippen LogP contribution >= 0.6 is 0 Å². The molecule has 3 atom stereocenters. The molecule has 0 saturated heterocycles. The maximum Gasteiger partial charge on any atom is 0.303 e. The average molecular weight is 403 g/mol. The van der Waals surface area contributed by atoms with Crippen LogP contribution in [-0.4, -0.2) is 25.0 Å². The molecule has 0 bridgehead atoms. The van der Waals surface area contributed by atoms with E-state index in [0.717, 1.165) is 25.7 Å². The normalized spacial score (nSPS) is 22.8. The van der Waals surface area contributed by atoms with Crippen LogP contribution in [0.5, 0.6) is 0 Å². The van der Waals surface area contributed by atoms with E-state index in [4.69, 9.17) is 9.47 Å². The summed E-state index contributed by atoms with van der Waals surface area (Å²) >= 11 is 0. The van der Waals surface area contributed by atoms with Gasteiger partial charge in [0.15, 0.2) is 11.5 Å². The number of ether oxygens (including phenoxy) is 2. The lowest BCUT2D eigenvalue weighted by atomic mass is 9.78. The second-order valence-electron chi connectivity index (χ2n) is 8.32. The number of Topliss-reactive ketones (excluding diaryl/α,β-unsaturated/α-hetero) is 1. The van der Waals surface area contributed by atoms with Crippen LogP contribution in [0.4, 0.5) is 0 Å². The van der Waals surface area contributed by atoms with Gasteiger partial charge in [-0.25, -0.2) is 0 Å². The monoisotopic (exact) mass is 402 g/mol. The molecule has 1 aliphatic rings. The fourth-order valence-electron chi connectivity index (χ4n) is 3.55. The molecule has 4 nitrogen and oxygen atoms in total. The SMILES string of the molecule is COC1=CC(OC(C)=O)C(C/C=C(\C)CC/C=C(\C)CCC=C(C)C)C(C)C1=O. The van der Waals surface area contributed by atoms with Crippen LogP contribution in [0.15, 0.2) is 46.8 Å². The zero-order chi connectivity index (χ0) is 22.0. The number of hydrogen-bond donors (Lipinski definition) is 0. The molecular weight excluding hydrogens is 364 g/mol. The van der Waals surface area contributed by atoms with E-state index in [1.54, 1.807) is 6.08 Å². The number of ketones is 1. The van der Waals surface area contributed by atoms with Gasteiger partial charge < -0.3 is 9.47 Å². The van der Waals surface area contributed by atoms with Gasteiger partial charge in [0.05, 0.1) is 7.11 Å². The van der Waals surface area contributed by atoms with Crippen LogP contribution in [-0.2, 0) is 19.1 Å². The summed E-state index contributed by atoms with van der Waals surface area (Å²) in [6, 6.07) is 0. The smallest absolute Gasteiger partial charge is 0.303 e. The summed E-state index contributed by atoms with van der Waals surface area (Å²) in [4.78, 5) is 23.9. The first-order valence-corrected chi connectivity index (χ1v) is 10.6. The number of esters is 1. The molecule has 0 radical (unpaired) electrons. The van der Waals surface area contributed by atoms with Gasteiger partial charge in [0.2, 0.25) is 0 Å². The van der Waals surface area contributed by atoms with E-state index in [1.165, 1.54) is 30.8 Å². The maximum atomic E-state index is 12.5. The highest BCUT2D eigenvalue weighted by Crippen LogP contribution is 2.32. The number of hydrogen-bond acceptors (Lipinski definition) is 4. The van der Waals surface area contributed by atoms with Gasteiger partial charge in [-0.15, -0.1) is 0 Å². The van der Waals surface area contributed by atoms with E-state index < -0.39 is 6.10 Å². The van der Waals surface area contributed by atoms with E-state index in [9.17, 15) is 9.59 Å². The van der Waals surface area contributed by atoms with Crippen molar-refractivity contribution in [3.05, 3.63) is 46.8 Å². The van der Waals surface area contributed by atoms with Crippen molar-refractivity contribution in [2.24, 2.45) is 11.8 Å². The molecule has 3 unspecified atom stereocenters. The molecule has 0 amide bonds. The fourth-order valence-corrected chi connectivity index (χ4v) is 3.55. The highest BCUT2D eigenvalue weighted by atomic mass is 16.5. The summed E-state index contributed by atoms with van der Waals surface area (Å²) in [6.45, 7) is 11.9. The molecular formula is C25H38O4. The van der Waals surface area contributed by atoms with Crippen molar-refractivity contribution < 1.29 is 19.1 Å². The predicted octanol–water partition coefficient (Wildman–Crippen LogP) is 6.09. The average Bonchev–Trinajstić information content (AvgIpc) is 2.63. The highest BCUT2D eigenvalue weighted by molar-refractivity contribution is 5.96. The summed E-state index contributed by atoms with van der Waals surface area (Å²) in [5.41, 5.74) is 4.08. The largest absolute Gasteiger partial charge is 0.493 e.